The van der Waals surface area contributed by atoms with Gasteiger partial charge < -0.3 is 14.7 Å². The Kier molecular flexibility index (Phi) is 5.80. The van der Waals surface area contributed by atoms with Gasteiger partial charge in [0.25, 0.3) is 0 Å². The fourth-order valence-electron chi connectivity index (χ4n) is 2.58. The molecule has 0 unspecified atom stereocenters. The average molecular weight is 324 g/mol. The number of hydrogen-bond donors (Lipinski definition) is 0. The van der Waals surface area contributed by atoms with Crippen LogP contribution in [-0.4, -0.2) is 60.9 Å². The molecular formula is C16H22ClN3O2. The first-order chi connectivity index (χ1) is 10.5. The summed E-state index contributed by atoms with van der Waals surface area (Å²) in [6.45, 7) is 7.85. The molecule has 2 rings (SSSR count). The zero-order chi connectivity index (χ0) is 16.1. The van der Waals surface area contributed by atoms with Gasteiger partial charge in [-0.15, -0.1) is 0 Å². The molecule has 1 heterocycles. The summed E-state index contributed by atoms with van der Waals surface area (Å²) >= 11 is 5.97. The predicted octanol–water partition coefficient (Wildman–Crippen LogP) is 1.86. The van der Waals surface area contributed by atoms with Crippen molar-refractivity contribution in [3.8, 4) is 0 Å². The molecule has 1 saturated heterocycles. The minimum Gasteiger partial charge on any atom is -0.339 e. The van der Waals surface area contributed by atoms with Crippen molar-refractivity contribution in [2.75, 3.05) is 44.2 Å². The molecule has 22 heavy (non-hydrogen) atoms. The highest BCUT2D eigenvalue weighted by atomic mass is 35.5. The van der Waals surface area contributed by atoms with E-state index in [1.807, 2.05) is 4.90 Å². The topological polar surface area (TPSA) is 43.9 Å². The number of halogens is 1. The Morgan fingerprint density at radius 2 is 1.91 bits per heavy atom. The number of anilines is 1. The Bertz CT molecular complexity index is 542. The molecule has 0 N–H and O–H groups in total. The number of hydrogen-bond acceptors (Lipinski definition) is 3. The van der Waals surface area contributed by atoms with Gasteiger partial charge in [0, 0.05) is 43.8 Å². The lowest BCUT2D eigenvalue weighted by Gasteiger charge is -2.35. The van der Waals surface area contributed by atoms with E-state index in [0.29, 0.717) is 23.8 Å². The van der Waals surface area contributed by atoms with Crippen LogP contribution in [0.1, 0.15) is 13.8 Å². The molecule has 2 amide bonds. The van der Waals surface area contributed by atoms with Crippen molar-refractivity contribution in [3.63, 3.8) is 0 Å². The van der Waals surface area contributed by atoms with Crippen molar-refractivity contribution in [2.45, 2.75) is 13.8 Å². The van der Waals surface area contributed by atoms with Gasteiger partial charge in [-0.05, 0) is 24.7 Å². The summed E-state index contributed by atoms with van der Waals surface area (Å²) in [4.78, 5) is 29.9. The van der Waals surface area contributed by atoms with E-state index >= 15 is 0 Å². The van der Waals surface area contributed by atoms with Crippen LogP contribution >= 0.6 is 11.6 Å². The molecule has 0 atom stereocenters. The van der Waals surface area contributed by atoms with Crippen LogP contribution in [0.2, 0.25) is 5.02 Å². The maximum atomic E-state index is 12.4. The second kappa shape index (κ2) is 7.61. The largest absolute Gasteiger partial charge is 0.339 e. The maximum absolute atomic E-state index is 12.4. The molecular weight excluding hydrogens is 302 g/mol. The van der Waals surface area contributed by atoms with E-state index in [1.165, 1.54) is 11.8 Å². The molecule has 5 nitrogen and oxygen atoms in total. The van der Waals surface area contributed by atoms with Crippen LogP contribution in [0.15, 0.2) is 24.3 Å². The van der Waals surface area contributed by atoms with E-state index in [1.54, 1.807) is 24.3 Å². The van der Waals surface area contributed by atoms with Crippen LogP contribution in [0.4, 0.5) is 5.69 Å². The minimum absolute atomic E-state index is 0.0223. The van der Waals surface area contributed by atoms with Crippen LogP contribution in [0.5, 0.6) is 0 Å². The SMILES string of the molecule is CCN1CCN(C(=O)CN(C(C)=O)c2cccc(Cl)c2)CC1. The Hall–Kier alpha value is -1.59. The zero-order valence-corrected chi connectivity index (χ0v) is 13.8. The number of carbonyl (C=O) groups excluding carboxylic acids is 2. The zero-order valence-electron chi connectivity index (χ0n) is 13.1. The summed E-state index contributed by atoms with van der Waals surface area (Å²) in [5.41, 5.74) is 0.653. The summed E-state index contributed by atoms with van der Waals surface area (Å²) in [7, 11) is 0. The quantitative estimate of drug-likeness (QED) is 0.849. The van der Waals surface area contributed by atoms with Crippen molar-refractivity contribution in [2.24, 2.45) is 0 Å². The summed E-state index contributed by atoms with van der Waals surface area (Å²) < 4.78 is 0. The molecule has 1 aromatic carbocycles. The lowest BCUT2D eigenvalue weighted by Crippen LogP contribution is -2.51. The fraction of sp³-hybridized carbons (Fsp3) is 0.500. The number of likely N-dealkylation sites (N-methyl/N-ethyl adjacent to an activating group) is 1. The molecule has 1 fully saturated rings. The highest BCUT2D eigenvalue weighted by Crippen LogP contribution is 2.20. The first kappa shape index (κ1) is 16.8. The number of benzene rings is 1. The number of nitrogens with zero attached hydrogens (tertiary/aromatic N) is 3. The Morgan fingerprint density at radius 3 is 2.45 bits per heavy atom. The second-order valence-corrected chi connectivity index (χ2v) is 5.84. The molecule has 0 aromatic heterocycles. The van der Waals surface area contributed by atoms with Gasteiger partial charge in [0.05, 0.1) is 0 Å². The molecule has 0 bridgehead atoms. The van der Waals surface area contributed by atoms with Gasteiger partial charge in [0.15, 0.2) is 0 Å². The van der Waals surface area contributed by atoms with Crippen molar-refractivity contribution in [3.05, 3.63) is 29.3 Å². The van der Waals surface area contributed by atoms with E-state index in [2.05, 4.69) is 11.8 Å². The highest BCUT2D eigenvalue weighted by Gasteiger charge is 2.23. The van der Waals surface area contributed by atoms with Gasteiger partial charge in [-0.3, -0.25) is 9.59 Å². The molecule has 120 valence electrons. The van der Waals surface area contributed by atoms with Crippen LogP contribution in [0.3, 0.4) is 0 Å². The lowest BCUT2D eigenvalue weighted by atomic mass is 10.2. The second-order valence-electron chi connectivity index (χ2n) is 5.40. The van der Waals surface area contributed by atoms with E-state index < -0.39 is 0 Å². The summed E-state index contributed by atoms with van der Waals surface area (Å²) in [6.07, 6.45) is 0. The molecule has 1 aliphatic heterocycles. The van der Waals surface area contributed by atoms with Gasteiger partial charge in [-0.2, -0.15) is 0 Å². The van der Waals surface area contributed by atoms with Gasteiger partial charge in [0.2, 0.25) is 11.8 Å². The molecule has 0 spiro atoms. The fourth-order valence-corrected chi connectivity index (χ4v) is 2.76. The first-order valence-corrected chi connectivity index (χ1v) is 7.93. The average Bonchev–Trinajstić information content (AvgIpc) is 2.52. The van der Waals surface area contributed by atoms with E-state index in [9.17, 15) is 9.59 Å². The van der Waals surface area contributed by atoms with Crippen LogP contribution in [-0.2, 0) is 9.59 Å². The number of piperazine rings is 1. The Balaban J connectivity index is 2.02. The van der Waals surface area contributed by atoms with Gasteiger partial charge in [-0.25, -0.2) is 0 Å². The smallest absolute Gasteiger partial charge is 0.242 e. The van der Waals surface area contributed by atoms with E-state index in [4.69, 9.17) is 11.6 Å². The monoisotopic (exact) mass is 323 g/mol. The van der Waals surface area contributed by atoms with Crippen LogP contribution < -0.4 is 4.90 Å². The predicted molar refractivity (Wildman–Crippen MR) is 88.2 cm³/mol. The molecule has 0 saturated carbocycles. The molecule has 1 aliphatic rings. The maximum Gasteiger partial charge on any atom is 0.242 e. The summed E-state index contributed by atoms with van der Waals surface area (Å²) in [5, 5.41) is 0.549. The minimum atomic E-state index is -0.164. The molecule has 0 aliphatic carbocycles. The van der Waals surface area contributed by atoms with E-state index in [0.717, 1.165) is 19.6 Å². The number of amides is 2. The summed E-state index contributed by atoms with van der Waals surface area (Å²) in [6, 6.07) is 7.01. The molecule has 0 radical (unpaired) electrons. The van der Waals surface area contributed by atoms with Gasteiger partial charge in [0.1, 0.15) is 6.54 Å². The van der Waals surface area contributed by atoms with Crippen molar-refractivity contribution in [1.29, 1.82) is 0 Å². The Labute approximate surface area is 136 Å². The third-order valence-corrected chi connectivity index (χ3v) is 4.20. The normalized spacial score (nSPS) is 15.7. The van der Waals surface area contributed by atoms with Crippen molar-refractivity contribution < 1.29 is 9.59 Å². The standard InChI is InChI=1S/C16H22ClN3O2/c1-3-18-7-9-19(10-8-18)16(22)12-20(13(2)21)15-6-4-5-14(17)11-15/h4-6,11H,3,7-10,12H2,1-2H3. The Morgan fingerprint density at radius 1 is 1.23 bits per heavy atom. The lowest BCUT2D eigenvalue weighted by molar-refractivity contribution is -0.132. The third-order valence-electron chi connectivity index (χ3n) is 3.97. The molecule has 6 heteroatoms. The van der Waals surface area contributed by atoms with Gasteiger partial charge >= 0.3 is 0 Å². The van der Waals surface area contributed by atoms with E-state index in [-0.39, 0.29) is 18.4 Å². The van der Waals surface area contributed by atoms with Crippen LogP contribution in [0.25, 0.3) is 0 Å². The molecule has 1 aromatic rings. The number of carbonyl (C=O) groups is 2. The van der Waals surface area contributed by atoms with Gasteiger partial charge in [-0.1, -0.05) is 24.6 Å². The summed E-state index contributed by atoms with van der Waals surface area (Å²) in [5.74, 6) is -0.186. The van der Waals surface area contributed by atoms with Crippen molar-refractivity contribution in [1.82, 2.24) is 9.80 Å². The van der Waals surface area contributed by atoms with Crippen molar-refractivity contribution >= 4 is 29.1 Å². The first-order valence-electron chi connectivity index (χ1n) is 7.55. The highest BCUT2D eigenvalue weighted by molar-refractivity contribution is 6.30. The third kappa shape index (κ3) is 4.21. The number of rotatable bonds is 4. The van der Waals surface area contributed by atoms with Crippen LogP contribution in [0, 0.1) is 0 Å².